The van der Waals surface area contributed by atoms with E-state index in [0.29, 0.717) is 6.07 Å². The summed E-state index contributed by atoms with van der Waals surface area (Å²) in [5.74, 6) is -4.16. The molecular formula is C20H19F6NO3. The van der Waals surface area contributed by atoms with Crippen LogP contribution in [-0.2, 0) is 4.79 Å². The molecule has 0 spiro atoms. The first kappa shape index (κ1) is 23.5. The van der Waals surface area contributed by atoms with Gasteiger partial charge in [-0.15, -0.1) is 0 Å². The zero-order valence-corrected chi connectivity index (χ0v) is 15.9. The van der Waals surface area contributed by atoms with Crippen molar-refractivity contribution in [2.24, 2.45) is 0 Å². The lowest BCUT2D eigenvalue weighted by Gasteiger charge is -2.28. The second-order valence-corrected chi connectivity index (χ2v) is 7.36. The lowest BCUT2D eigenvalue weighted by molar-refractivity contribution is -0.164. The number of carbonyl (C=O) groups is 1. The number of aliphatic carboxylic acids is 1. The third kappa shape index (κ3) is 5.88. The van der Waals surface area contributed by atoms with E-state index >= 15 is 0 Å². The van der Waals surface area contributed by atoms with Crippen LogP contribution in [0.2, 0.25) is 0 Å². The number of phenolic OH excluding ortho intramolecular Hbond substituents is 1. The number of halogens is 6. The monoisotopic (exact) mass is 435 g/mol. The molecule has 0 fully saturated rings. The second-order valence-electron chi connectivity index (χ2n) is 7.36. The highest BCUT2D eigenvalue weighted by atomic mass is 19.4. The number of carboxylic acid groups (broad SMARTS) is 1. The molecule has 0 radical (unpaired) electrons. The first-order chi connectivity index (χ1) is 13.7. The standard InChI is InChI=1S/C20H19F6NO3/c1-19(2,23)9-15(18(29)30)27-17(20(24,25)26)10-3-5-12(14(22)7-10)13-8-11(21)4-6-16(13)28/h3-8,15,17,27-28H,9H2,1-2H3,(H,29,30)/t15-,17?/m0/s1. The van der Waals surface area contributed by atoms with Gasteiger partial charge in [-0.2, -0.15) is 13.2 Å². The van der Waals surface area contributed by atoms with Crippen LogP contribution < -0.4 is 5.32 Å². The van der Waals surface area contributed by atoms with Crippen LogP contribution in [0, 0.1) is 11.6 Å². The van der Waals surface area contributed by atoms with Gasteiger partial charge in [0.2, 0.25) is 0 Å². The summed E-state index contributed by atoms with van der Waals surface area (Å²) < 4.78 is 82.5. The van der Waals surface area contributed by atoms with Crippen LogP contribution in [0.15, 0.2) is 36.4 Å². The summed E-state index contributed by atoms with van der Waals surface area (Å²) in [6.07, 6.45) is -5.78. The van der Waals surface area contributed by atoms with Gasteiger partial charge in [-0.25, -0.2) is 13.2 Å². The molecule has 0 aliphatic heterocycles. The normalized spacial score (nSPS) is 14.4. The molecule has 0 heterocycles. The second kappa shape index (κ2) is 8.55. The maximum absolute atomic E-state index is 14.6. The summed E-state index contributed by atoms with van der Waals surface area (Å²) in [6.45, 7) is 2.04. The highest BCUT2D eigenvalue weighted by Crippen LogP contribution is 2.37. The smallest absolute Gasteiger partial charge is 0.407 e. The third-order valence-corrected chi connectivity index (χ3v) is 4.26. The number of alkyl halides is 4. The summed E-state index contributed by atoms with van der Waals surface area (Å²) in [5.41, 5.74) is -3.35. The maximum Gasteiger partial charge on any atom is 0.407 e. The third-order valence-electron chi connectivity index (χ3n) is 4.26. The lowest BCUT2D eigenvalue weighted by atomic mass is 9.96. The molecule has 0 aliphatic rings. The van der Waals surface area contributed by atoms with Crippen molar-refractivity contribution in [3.63, 3.8) is 0 Å². The molecule has 0 saturated heterocycles. The average Bonchev–Trinajstić information content (AvgIpc) is 2.58. The highest BCUT2D eigenvalue weighted by molar-refractivity contribution is 5.74. The number of phenols is 1. The van der Waals surface area contributed by atoms with Crippen molar-refractivity contribution >= 4 is 5.97 Å². The van der Waals surface area contributed by atoms with Crippen molar-refractivity contribution in [1.29, 1.82) is 0 Å². The van der Waals surface area contributed by atoms with Crippen LogP contribution in [-0.4, -0.2) is 34.1 Å². The van der Waals surface area contributed by atoms with Crippen molar-refractivity contribution in [2.75, 3.05) is 0 Å². The quantitative estimate of drug-likeness (QED) is 0.528. The van der Waals surface area contributed by atoms with E-state index in [1.807, 2.05) is 5.32 Å². The van der Waals surface area contributed by atoms with E-state index in [2.05, 4.69) is 0 Å². The molecule has 1 unspecified atom stereocenters. The Balaban J connectivity index is 2.45. The minimum atomic E-state index is -5.02. The molecule has 30 heavy (non-hydrogen) atoms. The minimum Gasteiger partial charge on any atom is -0.507 e. The summed E-state index contributed by atoms with van der Waals surface area (Å²) in [5, 5.41) is 20.8. The molecule has 164 valence electrons. The molecule has 4 nitrogen and oxygen atoms in total. The fourth-order valence-corrected chi connectivity index (χ4v) is 2.94. The number of hydrogen-bond acceptors (Lipinski definition) is 3. The van der Waals surface area contributed by atoms with Gasteiger partial charge in [-0.05, 0) is 43.7 Å². The SMILES string of the molecule is CC(C)(F)C[C@H](NC(c1ccc(-c2cc(F)ccc2O)c(F)c1)C(F)(F)F)C(=O)O. The Morgan fingerprint density at radius 2 is 1.67 bits per heavy atom. The molecule has 2 rings (SSSR count). The maximum atomic E-state index is 14.6. The number of aromatic hydroxyl groups is 1. The molecule has 2 aromatic carbocycles. The first-order valence-electron chi connectivity index (χ1n) is 8.72. The zero-order chi connectivity index (χ0) is 22.9. The van der Waals surface area contributed by atoms with Crippen LogP contribution in [0.5, 0.6) is 5.75 Å². The van der Waals surface area contributed by atoms with Gasteiger partial charge < -0.3 is 10.2 Å². The lowest BCUT2D eigenvalue weighted by Crippen LogP contribution is -2.47. The fourth-order valence-electron chi connectivity index (χ4n) is 2.94. The molecule has 0 aromatic heterocycles. The summed E-state index contributed by atoms with van der Waals surface area (Å²) in [4.78, 5) is 11.3. The molecule has 0 amide bonds. The van der Waals surface area contributed by atoms with Gasteiger partial charge in [0.25, 0.3) is 0 Å². The molecule has 0 aliphatic carbocycles. The van der Waals surface area contributed by atoms with Gasteiger partial charge in [0.05, 0.1) is 0 Å². The fraction of sp³-hybridized carbons (Fsp3) is 0.350. The van der Waals surface area contributed by atoms with E-state index in [1.165, 1.54) is 0 Å². The van der Waals surface area contributed by atoms with Gasteiger partial charge in [0.15, 0.2) is 0 Å². The van der Waals surface area contributed by atoms with E-state index in [0.717, 1.165) is 44.2 Å². The van der Waals surface area contributed by atoms with Crippen molar-refractivity contribution in [2.45, 2.75) is 44.2 Å². The van der Waals surface area contributed by atoms with Crippen LogP contribution in [0.4, 0.5) is 26.3 Å². The van der Waals surface area contributed by atoms with Crippen molar-refractivity contribution in [3.05, 3.63) is 53.6 Å². The zero-order valence-electron chi connectivity index (χ0n) is 15.9. The number of nitrogens with one attached hydrogen (secondary N) is 1. The van der Waals surface area contributed by atoms with E-state index in [4.69, 9.17) is 5.11 Å². The number of rotatable bonds is 7. The Morgan fingerprint density at radius 3 is 2.17 bits per heavy atom. The average molecular weight is 435 g/mol. The predicted octanol–water partition coefficient (Wildman–Crippen LogP) is 5.12. The Morgan fingerprint density at radius 1 is 1.03 bits per heavy atom. The summed E-state index contributed by atoms with van der Waals surface area (Å²) >= 11 is 0. The Labute approximate surface area is 168 Å². The van der Waals surface area contributed by atoms with Crippen molar-refractivity contribution < 1.29 is 41.4 Å². The van der Waals surface area contributed by atoms with Gasteiger partial charge >= 0.3 is 12.1 Å². The molecular weight excluding hydrogens is 416 g/mol. The Hall–Kier alpha value is -2.75. The predicted molar refractivity (Wildman–Crippen MR) is 96.6 cm³/mol. The Bertz CT molecular complexity index is 924. The number of carboxylic acids is 1. The van der Waals surface area contributed by atoms with Gasteiger partial charge in [0.1, 0.15) is 35.1 Å². The van der Waals surface area contributed by atoms with Gasteiger partial charge in [0, 0.05) is 17.5 Å². The minimum absolute atomic E-state index is 0.266. The van der Waals surface area contributed by atoms with Crippen LogP contribution in [0.3, 0.4) is 0 Å². The van der Waals surface area contributed by atoms with E-state index < -0.39 is 59.3 Å². The van der Waals surface area contributed by atoms with Crippen LogP contribution in [0.1, 0.15) is 31.9 Å². The Kier molecular flexibility index (Phi) is 6.70. The molecule has 2 aromatic rings. The number of hydrogen-bond donors (Lipinski definition) is 3. The van der Waals surface area contributed by atoms with Gasteiger partial charge in [-0.3, -0.25) is 10.1 Å². The van der Waals surface area contributed by atoms with Crippen LogP contribution >= 0.6 is 0 Å². The molecule has 0 bridgehead atoms. The van der Waals surface area contributed by atoms with E-state index in [1.54, 1.807) is 0 Å². The topological polar surface area (TPSA) is 69.6 Å². The first-order valence-corrected chi connectivity index (χ1v) is 8.72. The highest BCUT2D eigenvalue weighted by Gasteiger charge is 2.44. The molecule has 10 heteroatoms. The van der Waals surface area contributed by atoms with Gasteiger partial charge in [-0.1, -0.05) is 12.1 Å². The number of benzene rings is 2. The molecule has 2 atom stereocenters. The van der Waals surface area contributed by atoms with Crippen molar-refractivity contribution in [3.8, 4) is 16.9 Å². The molecule has 0 saturated carbocycles. The van der Waals surface area contributed by atoms with E-state index in [-0.39, 0.29) is 11.1 Å². The van der Waals surface area contributed by atoms with Crippen LogP contribution in [0.25, 0.3) is 11.1 Å². The van der Waals surface area contributed by atoms with Crippen molar-refractivity contribution in [1.82, 2.24) is 5.32 Å². The molecule has 3 N–H and O–H groups in total. The summed E-state index contributed by atoms with van der Waals surface area (Å²) in [7, 11) is 0. The summed E-state index contributed by atoms with van der Waals surface area (Å²) in [6, 6.07) is 0.488. The van der Waals surface area contributed by atoms with E-state index in [9.17, 15) is 36.2 Å². The largest absolute Gasteiger partial charge is 0.507 e.